The van der Waals surface area contributed by atoms with Gasteiger partial charge in [0.1, 0.15) is 0 Å². The summed E-state index contributed by atoms with van der Waals surface area (Å²) in [4.78, 5) is 0. The fourth-order valence-electron chi connectivity index (χ4n) is 3.37. The van der Waals surface area contributed by atoms with Crippen molar-refractivity contribution in [1.29, 1.82) is 0 Å². The summed E-state index contributed by atoms with van der Waals surface area (Å²) in [6.45, 7) is 2.38. The van der Waals surface area contributed by atoms with Crippen molar-refractivity contribution in [1.82, 2.24) is 0 Å². The largest absolute Gasteiger partial charge is 0.396 e. The van der Waals surface area contributed by atoms with Crippen LogP contribution >= 0.6 is 0 Å². The van der Waals surface area contributed by atoms with Crippen molar-refractivity contribution < 1.29 is 10.2 Å². The Morgan fingerprint density at radius 2 is 2.13 bits per heavy atom. The van der Waals surface area contributed by atoms with E-state index in [1.165, 1.54) is 6.42 Å². The van der Waals surface area contributed by atoms with Gasteiger partial charge in [-0.25, -0.2) is 0 Å². The normalized spacial score (nSPS) is 45.1. The van der Waals surface area contributed by atoms with Crippen molar-refractivity contribution in [2.24, 2.45) is 23.7 Å². The van der Waals surface area contributed by atoms with Gasteiger partial charge in [0.15, 0.2) is 0 Å². The lowest BCUT2D eigenvalue weighted by atomic mass is 9.63. The molecule has 0 aliphatic heterocycles. The third-order valence-corrected chi connectivity index (χ3v) is 4.29. The summed E-state index contributed by atoms with van der Waals surface area (Å²) in [7, 11) is 0. The molecule has 2 rings (SSSR count). The zero-order valence-electron chi connectivity index (χ0n) is 9.47. The number of hydrogen-bond acceptors (Lipinski definition) is 2. The zero-order chi connectivity index (χ0) is 10.8. The molecule has 0 radical (unpaired) electrons. The molecule has 0 amide bonds. The van der Waals surface area contributed by atoms with E-state index in [2.05, 4.69) is 19.1 Å². The number of hydrogen-bond donors (Lipinski definition) is 2. The van der Waals surface area contributed by atoms with Crippen LogP contribution in [0.1, 0.15) is 32.6 Å². The standard InChI is InChI=1S/C13H22O2/c1-9-5-6-10-3-2-4-11(7-8-14)12(10)13(9)15/h2,4,9-15H,3,5-8H2,1H3/t9-,10+,11-,12+,13-/m0/s1. The van der Waals surface area contributed by atoms with Crippen LogP contribution in [0.4, 0.5) is 0 Å². The van der Waals surface area contributed by atoms with E-state index in [9.17, 15) is 5.11 Å². The van der Waals surface area contributed by atoms with Crippen molar-refractivity contribution in [2.45, 2.75) is 38.7 Å². The van der Waals surface area contributed by atoms with Crippen molar-refractivity contribution in [3.63, 3.8) is 0 Å². The molecule has 2 aliphatic carbocycles. The minimum absolute atomic E-state index is 0.162. The summed E-state index contributed by atoms with van der Waals surface area (Å²) in [5, 5.41) is 19.3. The number of aliphatic hydroxyl groups is 2. The lowest BCUT2D eigenvalue weighted by Gasteiger charge is -2.44. The summed E-state index contributed by atoms with van der Waals surface area (Å²) in [5.74, 6) is 1.87. The highest BCUT2D eigenvalue weighted by Gasteiger charge is 2.40. The van der Waals surface area contributed by atoms with Crippen LogP contribution in [0.15, 0.2) is 12.2 Å². The van der Waals surface area contributed by atoms with E-state index in [1.54, 1.807) is 0 Å². The molecule has 0 heterocycles. The number of rotatable bonds is 2. The Kier molecular flexibility index (Phi) is 3.47. The summed E-state index contributed by atoms with van der Waals surface area (Å²) in [6, 6.07) is 0. The topological polar surface area (TPSA) is 40.5 Å². The molecule has 0 unspecified atom stereocenters. The van der Waals surface area contributed by atoms with Crippen LogP contribution in [0.3, 0.4) is 0 Å². The number of fused-ring (bicyclic) bond motifs is 1. The molecule has 2 N–H and O–H groups in total. The molecule has 86 valence electrons. The van der Waals surface area contributed by atoms with Crippen LogP contribution in [0, 0.1) is 23.7 Å². The van der Waals surface area contributed by atoms with E-state index in [-0.39, 0.29) is 12.7 Å². The summed E-state index contributed by atoms with van der Waals surface area (Å²) in [6.07, 6.45) is 8.61. The van der Waals surface area contributed by atoms with Crippen molar-refractivity contribution in [3.8, 4) is 0 Å². The second-order valence-electron chi connectivity index (χ2n) is 5.22. The van der Waals surface area contributed by atoms with Gasteiger partial charge in [0.05, 0.1) is 6.10 Å². The summed E-state index contributed by atoms with van der Waals surface area (Å²) in [5.41, 5.74) is 0. The number of aliphatic hydroxyl groups excluding tert-OH is 2. The molecule has 15 heavy (non-hydrogen) atoms. The van der Waals surface area contributed by atoms with E-state index in [4.69, 9.17) is 5.11 Å². The first-order valence-corrected chi connectivity index (χ1v) is 6.19. The lowest BCUT2D eigenvalue weighted by molar-refractivity contribution is -0.0339. The molecule has 0 bridgehead atoms. The first-order chi connectivity index (χ1) is 7.24. The van der Waals surface area contributed by atoms with Crippen LogP contribution < -0.4 is 0 Å². The van der Waals surface area contributed by atoms with Crippen LogP contribution in [0.2, 0.25) is 0 Å². The quantitative estimate of drug-likeness (QED) is 0.684. The van der Waals surface area contributed by atoms with Gasteiger partial charge in [-0.15, -0.1) is 0 Å². The van der Waals surface area contributed by atoms with Gasteiger partial charge in [-0.2, -0.15) is 0 Å². The molecule has 1 fully saturated rings. The predicted octanol–water partition coefficient (Wildman–Crippen LogP) is 1.97. The Bertz CT molecular complexity index is 237. The molecule has 5 atom stereocenters. The van der Waals surface area contributed by atoms with Gasteiger partial charge in [0, 0.05) is 6.61 Å². The minimum atomic E-state index is -0.162. The minimum Gasteiger partial charge on any atom is -0.396 e. The van der Waals surface area contributed by atoms with Gasteiger partial charge in [-0.05, 0) is 49.4 Å². The van der Waals surface area contributed by atoms with E-state index >= 15 is 0 Å². The monoisotopic (exact) mass is 210 g/mol. The third-order valence-electron chi connectivity index (χ3n) is 4.29. The van der Waals surface area contributed by atoms with E-state index in [1.807, 2.05) is 0 Å². The Labute approximate surface area is 92.0 Å². The summed E-state index contributed by atoms with van der Waals surface area (Å²) < 4.78 is 0. The maximum absolute atomic E-state index is 10.3. The van der Waals surface area contributed by atoms with Crippen LogP contribution in [-0.2, 0) is 0 Å². The van der Waals surface area contributed by atoms with Gasteiger partial charge in [0.2, 0.25) is 0 Å². The Balaban J connectivity index is 2.12. The molecule has 2 aliphatic rings. The van der Waals surface area contributed by atoms with Gasteiger partial charge in [0.25, 0.3) is 0 Å². The third kappa shape index (κ3) is 2.11. The lowest BCUT2D eigenvalue weighted by Crippen LogP contribution is -2.43. The number of allylic oxidation sites excluding steroid dienone is 2. The van der Waals surface area contributed by atoms with Gasteiger partial charge >= 0.3 is 0 Å². The second kappa shape index (κ2) is 4.67. The predicted molar refractivity (Wildman–Crippen MR) is 60.3 cm³/mol. The van der Waals surface area contributed by atoms with E-state index in [0.717, 1.165) is 19.3 Å². The van der Waals surface area contributed by atoms with E-state index in [0.29, 0.717) is 23.7 Å². The zero-order valence-corrected chi connectivity index (χ0v) is 9.47. The fourth-order valence-corrected chi connectivity index (χ4v) is 3.37. The first kappa shape index (κ1) is 11.2. The highest BCUT2D eigenvalue weighted by molar-refractivity contribution is 5.04. The maximum atomic E-state index is 10.3. The molecular weight excluding hydrogens is 188 g/mol. The van der Waals surface area contributed by atoms with Crippen molar-refractivity contribution in [3.05, 3.63) is 12.2 Å². The smallest absolute Gasteiger partial charge is 0.0602 e. The van der Waals surface area contributed by atoms with Crippen LogP contribution in [-0.4, -0.2) is 22.9 Å². The SMILES string of the molecule is C[C@H]1CC[C@H]2CC=C[C@@H](CCO)[C@@H]2[C@H]1O. The van der Waals surface area contributed by atoms with Crippen molar-refractivity contribution in [2.75, 3.05) is 6.61 Å². The Morgan fingerprint density at radius 3 is 2.87 bits per heavy atom. The maximum Gasteiger partial charge on any atom is 0.0602 e. The molecule has 2 heteroatoms. The van der Waals surface area contributed by atoms with Gasteiger partial charge < -0.3 is 10.2 Å². The average Bonchev–Trinajstić information content (AvgIpc) is 2.24. The molecule has 0 saturated heterocycles. The molecule has 1 saturated carbocycles. The van der Waals surface area contributed by atoms with E-state index < -0.39 is 0 Å². The highest BCUT2D eigenvalue weighted by Crippen LogP contribution is 2.44. The molecule has 0 spiro atoms. The molecule has 2 nitrogen and oxygen atoms in total. The van der Waals surface area contributed by atoms with Gasteiger partial charge in [-0.1, -0.05) is 19.1 Å². The average molecular weight is 210 g/mol. The second-order valence-corrected chi connectivity index (χ2v) is 5.22. The van der Waals surface area contributed by atoms with Crippen molar-refractivity contribution >= 4 is 0 Å². The van der Waals surface area contributed by atoms with Crippen LogP contribution in [0.25, 0.3) is 0 Å². The highest BCUT2D eigenvalue weighted by atomic mass is 16.3. The molecular formula is C13H22O2. The van der Waals surface area contributed by atoms with Crippen LogP contribution in [0.5, 0.6) is 0 Å². The Morgan fingerprint density at radius 1 is 1.33 bits per heavy atom. The molecule has 0 aromatic rings. The fraction of sp³-hybridized carbons (Fsp3) is 0.846. The summed E-state index contributed by atoms with van der Waals surface area (Å²) >= 11 is 0. The molecule has 0 aromatic heterocycles. The first-order valence-electron chi connectivity index (χ1n) is 6.19. The Hall–Kier alpha value is -0.340. The van der Waals surface area contributed by atoms with Gasteiger partial charge in [-0.3, -0.25) is 0 Å². The molecule has 0 aromatic carbocycles.